The Hall–Kier alpha value is -4.20. The fourth-order valence-electron chi connectivity index (χ4n) is 4.13. The maximum absolute atomic E-state index is 13.5. The van der Waals surface area contributed by atoms with Crippen molar-refractivity contribution in [3.63, 3.8) is 0 Å². The highest BCUT2D eigenvalue weighted by molar-refractivity contribution is 9.10. The molecule has 0 bridgehead atoms. The zero-order chi connectivity index (χ0) is 26.1. The van der Waals surface area contributed by atoms with Crippen LogP contribution in [-0.4, -0.2) is 15.9 Å². The first-order chi connectivity index (χ1) is 18.6. The third-order valence-electron chi connectivity index (χ3n) is 5.97. The van der Waals surface area contributed by atoms with Crippen molar-refractivity contribution in [3.05, 3.63) is 128 Å². The minimum Gasteiger partial charge on any atom is -0.486 e. The highest BCUT2D eigenvalue weighted by atomic mass is 79.9. The van der Waals surface area contributed by atoms with Crippen LogP contribution in [0.5, 0.6) is 5.75 Å². The van der Waals surface area contributed by atoms with Crippen molar-refractivity contribution in [2.75, 3.05) is 0 Å². The summed E-state index contributed by atoms with van der Waals surface area (Å²) >= 11 is 10.1. The lowest BCUT2D eigenvalue weighted by atomic mass is 10.2. The van der Waals surface area contributed by atoms with Crippen LogP contribution in [0.4, 0.5) is 0 Å². The Labute approximate surface area is 230 Å². The van der Waals surface area contributed by atoms with Crippen LogP contribution in [0.3, 0.4) is 0 Å². The average Bonchev–Trinajstić information content (AvgIpc) is 3.37. The van der Waals surface area contributed by atoms with E-state index >= 15 is 0 Å². The molecule has 0 radical (unpaired) electrons. The highest BCUT2D eigenvalue weighted by Crippen LogP contribution is 2.35. The first-order valence-corrected chi connectivity index (χ1v) is 12.9. The quantitative estimate of drug-likeness (QED) is 0.188. The average molecular weight is 585 g/mol. The first kappa shape index (κ1) is 24.2. The molecule has 2 heterocycles. The lowest BCUT2D eigenvalue weighted by Gasteiger charge is -2.11. The smallest absolute Gasteiger partial charge is 0.282 e. The summed E-state index contributed by atoms with van der Waals surface area (Å²) in [5, 5.41) is 6.29. The largest absolute Gasteiger partial charge is 0.486 e. The van der Waals surface area contributed by atoms with Gasteiger partial charge < -0.3 is 9.15 Å². The van der Waals surface area contributed by atoms with Gasteiger partial charge in [0.05, 0.1) is 26.6 Å². The number of para-hydroxylation sites is 2. The normalized spacial score (nSPS) is 11.5. The minimum atomic E-state index is -0.310. The lowest BCUT2D eigenvalue weighted by molar-refractivity contribution is 0.304. The van der Waals surface area contributed by atoms with E-state index < -0.39 is 0 Å². The Morgan fingerprint density at radius 3 is 2.55 bits per heavy atom. The Kier molecular flexibility index (Phi) is 6.54. The van der Waals surface area contributed by atoms with Gasteiger partial charge in [-0.2, -0.15) is 9.78 Å². The van der Waals surface area contributed by atoms with E-state index in [0.717, 1.165) is 10.9 Å². The van der Waals surface area contributed by atoms with E-state index in [-0.39, 0.29) is 5.56 Å². The SMILES string of the molecule is O=c1c2ccccc2nc(-c2cc3ccccc3o2)n1N=Cc1cc(Cl)c(OCc2ccccc2)c(Br)c1. The summed E-state index contributed by atoms with van der Waals surface area (Å²) in [4.78, 5) is 18.2. The van der Waals surface area contributed by atoms with E-state index in [9.17, 15) is 4.79 Å². The van der Waals surface area contributed by atoms with Crippen molar-refractivity contribution in [3.8, 4) is 17.3 Å². The number of benzene rings is 4. The topological polar surface area (TPSA) is 69.6 Å². The fraction of sp³-hybridized carbons (Fsp3) is 0.0333. The van der Waals surface area contributed by atoms with Crippen LogP contribution >= 0.6 is 27.5 Å². The Balaban J connectivity index is 1.39. The van der Waals surface area contributed by atoms with Gasteiger partial charge in [0.2, 0.25) is 5.82 Å². The van der Waals surface area contributed by atoms with E-state index in [1.54, 1.807) is 30.5 Å². The number of nitrogens with zero attached hydrogens (tertiary/aromatic N) is 3. The van der Waals surface area contributed by atoms with Gasteiger partial charge in [0.25, 0.3) is 5.56 Å². The van der Waals surface area contributed by atoms with Gasteiger partial charge >= 0.3 is 0 Å². The Morgan fingerprint density at radius 1 is 0.974 bits per heavy atom. The summed E-state index contributed by atoms with van der Waals surface area (Å²) < 4.78 is 13.9. The molecule has 0 amide bonds. The minimum absolute atomic E-state index is 0.300. The molecule has 0 atom stereocenters. The number of aromatic nitrogens is 2. The van der Waals surface area contributed by atoms with Crippen molar-refractivity contribution < 1.29 is 9.15 Å². The van der Waals surface area contributed by atoms with E-state index in [1.165, 1.54) is 4.68 Å². The molecule has 8 heteroatoms. The standard InChI is InChI=1S/C30H19BrClN3O3/c31-23-14-20(15-24(32)28(23)37-18-19-8-2-1-3-9-19)17-33-35-29(27-16-21-10-4-7-13-26(21)38-27)34-25-12-6-5-11-22(25)30(35)36/h1-17H,18H2. The van der Waals surface area contributed by atoms with Crippen molar-refractivity contribution in [1.82, 2.24) is 9.66 Å². The van der Waals surface area contributed by atoms with Crippen LogP contribution in [0.25, 0.3) is 33.5 Å². The van der Waals surface area contributed by atoms with Gasteiger partial charge in [-0.15, -0.1) is 0 Å². The molecule has 0 aliphatic heterocycles. The third kappa shape index (κ3) is 4.74. The van der Waals surface area contributed by atoms with Gasteiger partial charge in [-0.25, -0.2) is 4.98 Å². The van der Waals surface area contributed by atoms with Crippen molar-refractivity contribution in [1.29, 1.82) is 0 Å². The number of furan rings is 1. The van der Waals surface area contributed by atoms with E-state index in [2.05, 4.69) is 21.0 Å². The molecule has 186 valence electrons. The molecule has 0 saturated carbocycles. The number of hydrogen-bond donors (Lipinski definition) is 0. The summed E-state index contributed by atoms with van der Waals surface area (Å²) in [5.41, 5.74) is 2.65. The second kappa shape index (κ2) is 10.3. The lowest BCUT2D eigenvalue weighted by Crippen LogP contribution is -2.20. The summed E-state index contributed by atoms with van der Waals surface area (Å²) in [7, 11) is 0. The van der Waals surface area contributed by atoms with E-state index in [0.29, 0.717) is 55.5 Å². The van der Waals surface area contributed by atoms with Gasteiger partial charge in [-0.3, -0.25) is 4.79 Å². The Bertz CT molecular complexity index is 1820. The van der Waals surface area contributed by atoms with Gasteiger partial charge in [0.15, 0.2) is 11.5 Å². The van der Waals surface area contributed by atoms with Gasteiger partial charge in [-0.1, -0.05) is 72.3 Å². The van der Waals surface area contributed by atoms with Crippen LogP contribution < -0.4 is 10.3 Å². The molecule has 38 heavy (non-hydrogen) atoms. The van der Waals surface area contributed by atoms with Crippen molar-refractivity contribution in [2.24, 2.45) is 5.10 Å². The number of rotatable bonds is 6. The third-order valence-corrected chi connectivity index (χ3v) is 6.84. The summed E-state index contributed by atoms with van der Waals surface area (Å²) in [5.74, 6) is 1.27. The number of ether oxygens (including phenoxy) is 1. The zero-order valence-electron chi connectivity index (χ0n) is 19.8. The molecule has 0 saturated heterocycles. The molecule has 0 spiro atoms. The molecule has 0 N–H and O–H groups in total. The molecule has 6 rings (SSSR count). The molecule has 0 aliphatic rings. The summed E-state index contributed by atoms with van der Waals surface area (Å²) in [6.45, 7) is 0.381. The van der Waals surface area contributed by atoms with Crippen LogP contribution in [0, 0.1) is 0 Å². The molecule has 0 fully saturated rings. The van der Waals surface area contributed by atoms with E-state index in [4.69, 9.17) is 25.7 Å². The second-order valence-electron chi connectivity index (χ2n) is 8.55. The highest BCUT2D eigenvalue weighted by Gasteiger charge is 2.16. The maximum Gasteiger partial charge on any atom is 0.282 e. The van der Waals surface area contributed by atoms with Crippen LogP contribution in [0.15, 0.2) is 116 Å². The fourth-order valence-corrected chi connectivity index (χ4v) is 5.12. The first-order valence-electron chi connectivity index (χ1n) is 11.8. The molecular weight excluding hydrogens is 566 g/mol. The van der Waals surface area contributed by atoms with Crippen molar-refractivity contribution in [2.45, 2.75) is 6.61 Å². The predicted molar refractivity (Wildman–Crippen MR) is 154 cm³/mol. The molecule has 6 nitrogen and oxygen atoms in total. The Morgan fingerprint density at radius 2 is 1.74 bits per heavy atom. The number of hydrogen-bond acceptors (Lipinski definition) is 5. The van der Waals surface area contributed by atoms with Crippen LogP contribution in [-0.2, 0) is 6.61 Å². The molecule has 4 aromatic carbocycles. The molecule has 6 aromatic rings. The van der Waals surface area contributed by atoms with Gasteiger partial charge in [0.1, 0.15) is 12.2 Å². The second-order valence-corrected chi connectivity index (χ2v) is 9.81. The number of fused-ring (bicyclic) bond motifs is 2. The maximum atomic E-state index is 13.5. The zero-order valence-corrected chi connectivity index (χ0v) is 22.2. The molecular formula is C30H19BrClN3O3. The van der Waals surface area contributed by atoms with Crippen molar-refractivity contribution >= 4 is 55.6 Å². The van der Waals surface area contributed by atoms with Crippen LogP contribution in [0.2, 0.25) is 5.02 Å². The molecule has 0 aliphatic carbocycles. The monoisotopic (exact) mass is 583 g/mol. The number of halogens is 2. The van der Waals surface area contributed by atoms with Gasteiger partial charge in [0, 0.05) is 5.39 Å². The van der Waals surface area contributed by atoms with Gasteiger partial charge in [-0.05, 0) is 63.5 Å². The molecule has 0 unspecified atom stereocenters. The van der Waals surface area contributed by atoms with E-state index in [1.807, 2.05) is 72.8 Å². The summed E-state index contributed by atoms with van der Waals surface area (Å²) in [6, 6.07) is 30.0. The summed E-state index contributed by atoms with van der Waals surface area (Å²) in [6.07, 6.45) is 1.56. The predicted octanol–water partition coefficient (Wildman–Crippen LogP) is 7.69. The van der Waals surface area contributed by atoms with Crippen LogP contribution in [0.1, 0.15) is 11.1 Å². The molecule has 2 aromatic heterocycles.